The summed E-state index contributed by atoms with van der Waals surface area (Å²) >= 11 is 6.41. The third kappa shape index (κ3) is 8.43. The van der Waals surface area contributed by atoms with Crippen LogP contribution in [0.25, 0.3) is 21.7 Å². The molecular weight excluding hydrogens is 676 g/mol. The highest BCUT2D eigenvalue weighted by atomic mass is 35.5. The zero-order valence-electron chi connectivity index (χ0n) is 28.6. The number of rotatable bonds is 17. The van der Waals surface area contributed by atoms with E-state index in [-0.39, 0.29) is 23.5 Å². The number of phenols is 1. The number of pyridine rings is 1. The second kappa shape index (κ2) is 17.0. The molecule has 0 fully saturated rings. The van der Waals surface area contributed by atoms with E-state index in [2.05, 4.69) is 15.3 Å². The van der Waals surface area contributed by atoms with Gasteiger partial charge >= 0.3 is 0 Å². The molecule has 0 bridgehead atoms. The number of aromatic hydroxyl groups is 1. The van der Waals surface area contributed by atoms with Crippen LogP contribution < -0.4 is 15.0 Å². The van der Waals surface area contributed by atoms with Gasteiger partial charge < -0.3 is 44.0 Å². The van der Waals surface area contributed by atoms with Crippen LogP contribution in [0.1, 0.15) is 37.9 Å². The van der Waals surface area contributed by atoms with Crippen molar-refractivity contribution < 1.29 is 38.4 Å². The summed E-state index contributed by atoms with van der Waals surface area (Å²) in [4.78, 5) is 36.1. The van der Waals surface area contributed by atoms with Gasteiger partial charge in [-0.25, -0.2) is 4.98 Å². The maximum absolute atomic E-state index is 13.9. The number of carbonyl (C=O) groups excluding carboxylic acids is 2. The van der Waals surface area contributed by atoms with Gasteiger partial charge in [0.1, 0.15) is 29.6 Å². The minimum atomic E-state index is -0.337. The number of hydrogen-bond donors (Lipinski definition) is 3. The number of H-pyrrole nitrogens is 1. The summed E-state index contributed by atoms with van der Waals surface area (Å²) in [6.45, 7) is 6.17. The van der Waals surface area contributed by atoms with Gasteiger partial charge in [0.2, 0.25) is 0 Å². The Morgan fingerprint density at radius 1 is 0.961 bits per heavy atom. The van der Waals surface area contributed by atoms with Gasteiger partial charge in [-0.2, -0.15) is 0 Å². The molecule has 3 aromatic carbocycles. The van der Waals surface area contributed by atoms with E-state index in [4.69, 9.17) is 35.3 Å². The van der Waals surface area contributed by atoms with Gasteiger partial charge in [0.15, 0.2) is 0 Å². The second-order valence-corrected chi connectivity index (χ2v) is 12.4. The lowest BCUT2D eigenvalue weighted by atomic mass is 9.92. The number of phenolic OH excluding ortho intramolecular Hbond substituents is 1. The summed E-state index contributed by atoms with van der Waals surface area (Å²) < 4.78 is 26.9. The van der Waals surface area contributed by atoms with E-state index in [9.17, 15) is 14.7 Å². The molecule has 0 aliphatic carbocycles. The van der Waals surface area contributed by atoms with E-state index in [0.717, 1.165) is 21.9 Å². The number of ether oxygens (including phenoxy) is 5. The number of aromatic amines is 1. The Hall–Kier alpha value is -4.72. The molecule has 1 aliphatic heterocycles. The van der Waals surface area contributed by atoms with Crippen LogP contribution >= 0.6 is 11.6 Å². The third-order valence-electron chi connectivity index (χ3n) is 8.67. The predicted molar refractivity (Wildman–Crippen MR) is 196 cm³/mol. The van der Waals surface area contributed by atoms with Gasteiger partial charge in [-0.05, 0) is 59.8 Å². The molecule has 268 valence electrons. The summed E-state index contributed by atoms with van der Waals surface area (Å²) in [6, 6.07) is 17.6. The van der Waals surface area contributed by atoms with E-state index in [1.165, 1.54) is 0 Å². The number of hydrogen-bond acceptors (Lipinski definition) is 9. The summed E-state index contributed by atoms with van der Waals surface area (Å²) in [5.74, 6) is 0.720. The van der Waals surface area contributed by atoms with E-state index in [1.807, 2.05) is 25.1 Å². The molecule has 2 aromatic heterocycles. The fraction of sp³-hybridized carbons (Fsp3) is 0.342. The predicted octanol–water partition coefficient (Wildman–Crippen LogP) is 6.04. The molecule has 13 heteroatoms. The Morgan fingerprint density at radius 2 is 1.67 bits per heavy atom. The van der Waals surface area contributed by atoms with Crippen molar-refractivity contribution in [1.29, 1.82) is 0 Å². The SMILES string of the molecule is COCCOCCOCCOCCOc1ccc(C(=O)Nc2cc3cc(C(=O)N4CC(CCl)c5c4cc(O)c4cccc(C)c54)[nH]c3cn2)cc1. The largest absolute Gasteiger partial charge is 0.507 e. The van der Waals surface area contributed by atoms with E-state index in [1.54, 1.807) is 60.7 Å². The number of fused-ring (bicyclic) bond motifs is 4. The molecule has 1 aliphatic rings. The quantitative estimate of drug-likeness (QED) is 0.0775. The Bertz CT molecular complexity index is 1980. The highest BCUT2D eigenvalue weighted by Crippen LogP contribution is 2.46. The Morgan fingerprint density at radius 3 is 2.37 bits per heavy atom. The van der Waals surface area contributed by atoms with Gasteiger partial charge in [-0.3, -0.25) is 9.59 Å². The van der Waals surface area contributed by atoms with Crippen molar-refractivity contribution in [3.05, 3.63) is 89.2 Å². The molecule has 6 rings (SSSR count). The number of halogens is 1. The molecule has 0 saturated heterocycles. The maximum atomic E-state index is 13.9. The third-order valence-corrected chi connectivity index (χ3v) is 9.04. The number of alkyl halides is 1. The van der Waals surface area contributed by atoms with Crippen LogP contribution in [0.2, 0.25) is 0 Å². The van der Waals surface area contributed by atoms with Crippen LogP contribution in [-0.2, 0) is 18.9 Å². The topological polar surface area (TPSA) is 144 Å². The molecule has 2 amide bonds. The van der Waals surface area contributed by atoms with Crippen LogP contribution in [0.5, 0.6) is 11.5 Å². The summed E-state index contributed by atoms with van der Waals surface area (Å²) in [6.07, 6.45) is 1.58. The van der Waals surface area contributed by atoms with Crippen molar-refractivity contribution in [2.45, 2.75) is 12.8 Å². The molecule has 0 spiro atoms. The molecule has 0 saturated carbocycles. The molecule has 12 nitrogen and oxygen atoms in total. The number of aromatic nitrogens is 2. The van der Waals surface area contributed by atoms with Crippen molar-refractivity contribution in [3.8, 4) is 11.5 Å². The Labute approximate surface area is 300 Å². The number of carbonyl (C=O) groups is 2. The minimum Gasteiger partial charge on any atom is -0.507 e. The first-order chi connectivity index (χ1) is 24.9. The van der Waals surface area contributed by atoms with Gasteiger partial charge in [0.05, 0.1) is 63.6 Å². The summed E-state index contributed by atoms with van der Waals surface area (Å²) in [5.41, 5.74) is 4.06. The highest BCUT2D eigenvalue weighted by Gasteiger charge is 2.35. The highest BCUT2D eigenvalue weighted by molar-refractivity contribution is 6.19. The van der Waals surface area contributed by atoms with Crippen molar-refractivity contribution in [1.82, 2.24) is 9.97 Å². The number of amides is 2. The molecule has 3 heterocycles. The fourth-order valence-corrected chi connectivity index (χ4v) is 6.42. The zero-order valence-corrected chi connectivity index (χ0v) is 29.3. The first kappa shape index (κ1) is 36.1. The summed E-state index contributed by atoms with van der Waals surface area (Å²) in [5, 5.41) is 16.1. The van der Waals surface area contributed by atoms with Crippen LogP contribution in [0, 0.1) is 6.92 Å². The monoisotopic (exact) mass is 716 g/mol. The van der Waals surface area contributed by atoms with Crippen molar-refractivity contribution in [2.24, 2.45) is 0 Å². The molecule has 5 aromatic rings. The lowest BCUT2D eigenvalue weighted by Crippen LogP contribution is -2.30. The standard InChI is InChI=1S/C38H41ClN4O8/c1-24-4-3-5-29-33(44)20-32-36(35(24)29)27(21-39)23-43(32)38(46)30-18-26-19-34(40-22-31(26)41-30)42-37(45)25-6-8-28(9-7-25)51-17-16-50-15-14-49-13-12-48-11-10-47-2/h3-9,18-20,22,27,41,44H,10-17,21,23H2,1-2H3,(H,40,42,45). The normalized spacial score (nSPS) is 13.9. The van der Waals surface area contributed by atoms with Crippen LogP contribution in [-0.4, -0.2) is 99.3 Å². The lowest BCUT2D eigenvalue weighted by molar-refractivity contribution is 0.000164. The Kier molecular flexibility index (Phi) is 12.0. The molecule has 0 radical (unpaired) electrons. The molecule has 51 heavy (non-hydrogen) atoms. The van der Waals surface area contributed by atoms with Crippen LogP contribution in [0.15, 0.2) is 66.9 Å². The average molecular weight is 717 g/mol. The second-order valence-electron chi connectivity index (χ2n) is 12.1. The molecule has 1 atom stereocenters. The number of anilines is 2. The lowest BCUT2D eigenvalue weighted by Gasteiger charge is -2.18. The number of methoxy groups -OCH3 is 1. The van der Waals surface area contributed by atoms with Gasteiger partial charge in [0, 0.05) is 47.9 Å². The van der Waals surface area contributed by atoms with Gasteiger partial charge in [-0.15, -0.1) is 11.6 Å². The number of nitrogens with zero attached hydrogens (tertiary/aromatic N) is 2. The van der Waals surface area contributed by atoms with E-state index >= 15 is 0 Å². The van der Waals surface area contributed by atoms with Crippen LogP contribution in [0.4, 0.5) is 11.5 Å². The average Bonchev–Trinajstić information content (AvgIpc) is 3.73. The van der Waals surface area contributed by atoms with Crippen molar-refractivity contribution in [3.63, 3.8) is 0 Å². The maximum Gasteiger partial charge on any atom is 0.274 e. The number of nitrogens with one attached hydrogen (secondary N) is 2. The number of aryl methyl sites for hydroxylation is 1. The molecule has 1 unspecified atom stereocenters. The first-order valence-electron chi connectivity index (χ1n) is 16.8. The fourth-order valence-electron chi connectivity index (χ4n) is 6.17. The van der Waals surface area contributed by atoms with Crippen molar-refractivity contribution in [2.75, 3.05) is 82.6 Å². The molecule has 3 N–H and O–H groups in total. The minimum absolute atomic E-state index is 0.0870. The van der Waals surface area contributed by atoms with Crippen molar-refractivity contribution >= 4 is 56.6 Å². The van der Waals surface area contributed by atoms with E-state index < -0.39 is 0 Å². The van der Waals surface area contributed by atoms with E-state index in [0.29, 0.717) is 105 Å². The first-order valence-corrected chi connectivity index (χ1v) is 17.3. The molecular formula is C38H41ClN4O8. The smallest absolute Gasteiger partial charge is 0.274 e. The zero-order chi connectivity index (χ0) is 35.7. The van der Waals surface area contributed by atoms with Crippen LogP contribution in [0.3, 0.4) is 0 Å². The van der Waals surface area contributed by atoms with Gasteiger partial charge in [-0.1, -0.05) is 18.2 Å². The Balaban J connectivity index is 1.02. The summed E-state index contributed by atoms with van der Waals surface area (Å²) in [7, 11) is 1.63. The number of benzene rings is 3. The van der Waals surface area contributed by atoms with Gasteiger partial charge in [0.25, 0.3) is 11.8 Å².